The molecule has 8 nitrogen and oxygen atoms in total. The minimum absolute atomic E-state index is 0.0336. The van der Waals surface area contributed by atoms with Crippen LogP contribution in [0.15, 0.2) is 47.5 Å². The van der Waals surface area contributed by atoms with Crippen LogP contribution >= 0.6 is 11.6 Å². The van der Waals surface area contributed by atoms with Crippen LogP contribution in [0.25, 0.3) is 16.6 Å². The molecular weight excluding hydrogens is 444 g/mol. The normalized spacial score (nSPS) is 14.6. The van der Waals surface area contributed by atoms with Crippen molar-refractivity contribution in [2.24, 2.45) is 5.92 Å². The van der Waals surface area contributed by atoms with Crippen molar-refractivity contribution in [2.75, 3.05) is 6.61 Å². The number of ether oxygens (including phenoxy) is 1. The molecule has 4 aromatic rings. The number of para-hydroxylation sites is 1. The van der Waals surface area contributed by atoms with E-state index in [-0.39, 0.29) is 24.1 Å². The number of halogens is 1. The molecule has 1 saturated carbocycles. The number of hydrogen-bond acceptors (Lipinski definition) is 5. The van der Waals surface area contributed by atoms with Gasteiger partial charge in [0.1, 0.15) is 17.3 Å². The predicted molar refractivity (Wildman–Crippen MR) is 124 cm³/mol. The van der Waals surface area contributed by atoms with Gasteiger partial charge in [0.2, 0.25) is 5.43 Å². The summed E-state index contributed by atoms with van der Waals surface area (Å²) in [5, 5.41) is 15.0. The molecule has 170 valence electrons. The van der Waals surface area contributed by atoms with Crippen LogP contribution in [0.4, 0.5) is 0 Å². The van der Waals surface area contributed by atoms with E-state index in [9.17, 15) is 14.7 Å². The minimum Gasteiger partial charge on any atom is -0.490 e. The first-order chi connectivity index (χ1) is 15.9. The Kier molecular flexibility index (Phi) is 5.54. The second-order valence-corrected chi connectivity index (χ2v) is 8.83. The summed E-state index contributed by atoms with van der Waals surface area (Å²) in [6, 6.07) is 8.83. The Hall–Kier alpha value is -3.39. The van der Waals surface area contributed by atoms with E-state index < -0.39 is 11.9 Å². The third kappa shape index (κ3) is 4.18. The minimum atomic E-state index is -1.06. The zero-order valence-electron chi connectivity index (χ0n) is 18.1. The average Bonchev–Trinajstić information content (AvgIpc) is 3.55. The zero-order valence-corrected chi connectivity index (χ0v) is 18.8. The van der Waals surface area contributed by atoms with Crippen molar-refractivity contribution in [3.8, 4) is 5.75 Å². The number of carbonyl (C=O) groups is 1. The van der Waals surface area contributed by atoms with Crippen LogP contribution in [0.3, 0.4) is 0 Å². The third-order valence-corrected chi connectivity index (χ3v) is 6.26. The summed E-state index contributed by atoms with van der Waals surface area (Å²) in [5.74, 6) is -0.812. The van der Waals surface area contributed by atoms with Gasteiger partial charge < -0.3 is 14.2 Å². The Morgan fingerprint density at radius 3 is 2.82 bits per heavy atom. The second kappa shape index (κ2) is 8.51. The summed E-state index contributed by atoms with van der Waals surface area (Å²) in [5.41, 5.74) is 1.66. The van der Waals surface area contributed by atoms with Gasteiger partial charge in [-0.1, -0.05) is 30.7 Å². The Morgan fingerprint density at radius 1 is 1.30 bits per heavy atom. The van der Waals surface area contributed by atoms with Gasteiger partial charge in [-0.3, -0.25) is 14.3 Å². The molecular formula is C24H23ClN4O4. The number of fused-ring (bicyclic) bond motifs is 2. The summed E-state index contributed by atoms with van der Waals surface area (Å²) < 4.78 is 9.35. The van der Waals surface area contributed by atoms with Crippen molar-refractivity contribution in [2.45, 2.75) is 38.6 Å². The Labute approximate surface area is 194 Å². The highest BCUT2D eigenvalue weighted by molar-refractivity contribution is 6.32. The maximum absolute atomic E-state index is 13.0. The fourth-order valence-electron chi connectivity index (χ4n) is 3.96. The van der Waals surface area contributed by atoms with Crippen LogP contribution in [0.5, 0.6) is 5.75 Å². The van der Waals surface area contributed by atoms with Crippen molar-refractivity contribution in [1.29, 1.82) is 0 Å². The van der Waals surface area contributed by atoms with Crippen LogP contribution < -0.4 is 10.2 Å². The molecule has 0 spiro atoms. The number of aliphatic carboxylic acids is 1. The average molecular weight is 467 g/mol. The first-order valence-electron chi connectivity index (χ1n) is 11.0. The van der Waals surface area contributed by atoms with E-state index in [1.165, 1.54) is 12.8 Å². The standard InChI is InChI=1S/C24H23ClN4O4/c1-2-16(24(31)32)22-23(30)17-5-3-4-6-19(17)29(27-22)11-15-10-28-12-20(33-13-14-7-8-14)18(25)9-21(28)26-15/h3-6,9-10,12,14,16H,2,7-8,11,13H2,1H3,(H,31,32). The SMILES string of the molecule is CCC(C(=O)O)c1nn(Cc2cn3cc(OCC4CC4)c(Cl)cc3n2)c2ccccc2c1=O. The Bertz CT molecular complexity index is 1420. The van der Waals surface area contributed by atoms with E-state index in [0.29, 0.717) is 45.5 Å². The van der Waals surface area contributed by atoms with Gasteiger partial charge in [0.15, 0.2) is 5.75 Å². The van der Waals surface area contributed by atoms with Crippen molar-refractivity contribution in [3.05, 3.63) is 69.4 Å². The number of carboxylic acid groups (broad SMARTS) is 1. The van der Waals surface area contributed by atoms with Gasteiger partial charge in [-0.15, -0.1) is 0 Å². The first kappa shape index (κ1) is 21.5. The molecule has 0 bridgehead atoms. The van der Waals surface area contributed by atoms with Gasteiger partial charge in [-0.2, -0.15) is 5.10 Å². The lowest BCUT2D eigenvalue weighted by Gasteiger charge is -2.14. The topological polar surface area (TPSA) is 98.7 Å². The second-order valence-electron chi connectivity index (χ2n) is 8.43. The fourth-order valence-corrected chi connectivity index (χ4v) is 4.16. The predicted octanol–water partition coefficient (Wildman–Crippen LogP) is 4.11. The lowest BCUT2D eigenvalue weighted by Crippen LogP contribution is -2.26. The summed E-state index contributed by atoms with van der Waals surface area (Å²) in [4.78, 5) is 29.4. The molecule has 1 fully saturated rings. The van der Waals surface area contributed by atoms with E-state index in [4.69, 9.17) is 16.3 Å². The van der Waals surface area contributed by atoms with Crippen molar-refractivity contribution in [3.63, 3.8) is 0 Å². The highest BCUT2D eigenvalue weighted by Crippen LogP contribution is 2.32. The number of aromatic nitrogens is 4. The number of nitrogens with zero attached hydrogens (tertiary/aromatic N) is 4. The monoisotopic (exact) mass is 466 g/mol. The molecule has 1 aliphatic rings. The van der Waals surface area contributed by atoms with E-state index in [2.05, 4.69) is 10.1 Å². The van der Waals surface area contributed by atoms with Gasteiger partial charge >= 0.3 is 5.97 Å². The fraction of sp³-hybridized carbons (Fsp3) is 0.333. The molecule has 0 aliphatic heterocycles. The maximum atomic E-state index is 13.0. The number of pyridine rings is 1. The molecule has 33 heavy (non-hydrogen) atoms. The molecule has 0 saturated heterocycles. The van der Waals surface area contributed by atoms with Crippen LogP contribution in [-0.4, -0.2) is 36.8 Å². The lowest BCUT2D eigenvalue weighted by atomic mass is 10.0. The molecule has 1 aliphatic carbocycles. The van der Waals surface area contributed by atoms with Crippen LogP contribution in [0, 0.1) is 5.92 Å². The van der Waals surface area contributed by atoms with Gasteiger partial charge in [0.25, 0.3) is 0 Å². The summed E-state index contributed by atoms with van der Waals surface area (Å²) >= 11 is 6.39. The number of benzene rings is 1. The maximum Gasteiger partial charge on any atom is 0.312 e. The van der Waals surface area contributed by atoms with E-state index >= 15 is 0 Å². The summed E-state index contributed by atoms with van der Waals surface area (Å²) in [6.07, 6.45) is 6.33. The largest absolute Gasteiger partial charge is 0.490 e. The number of rotatable bonds is 8. The quantitative estimate of drug-likeness (QED) is 0.419. The summed E-state index contributed by atoms with van der Waals surface area (Å²) in [6.45, 7) is 2.65. The molecule has 1 unspecified atom stereocenters. The Morgan fingerprint density at radius 2 is 2.09 bits per heavy atom. The Balaban J connectivity index is 1.54. The highest BCUT2D eigenvalue weighted by Gasteiger charge is 2.25. The molecule has 0 radical (unpaired) electrons. The molecule has 1 N–H and O–H groups in total. The van der Waals surface area contributed by atoms with Gasteiger partial charge in [0.05, 0.1) is 35.6 Å². The van der Waals surface area contributed by atoms with Crippen LogP contribution in [0.2, 0.25) is 5.02 Å². The van der Waals surface area contributed by atoms with Crippen LogP contribution in [-0.2, 0) is 11.3 Å². The first-order valence-corrected chi connectivity index (χ1v) is 11.3. The number of hydrogen-bond donors (Lipinski definition) is 1. The van der Waals surface area contributed by atoms with Gasteiger partial charge in [-0.05, 0) is 37.3 Å². The summed E-state index contributed by atoms with van der Waals surface area (Å²) in [7, 11) is 0. The molecule has 3 aromatic heterocycles. The molecule has 3 heterocycles. The van der Waals surface area contributed by atoms with Crippen LogP contribution in [0.1, 0.15) is 43.5 Å². The van der Waals surface area contributed by atoms with Gasteiger partial charge in [-0.25, -0.2) is 4.98 Å². The molecule has 9 heteroatoms. The number of imidazole rings is 1. The highest BCUT2D eigenvalue weighted by atomic mass is 35.5. The van der Waals surface area contributed by atoms with E-state index in [1.807, 2.05) is 22.9 Å². The molecule has 1 atom stereocenters. The van der Waals surface area contributed by atoms with Crippen molar-refractivity contribution < 1.29 is 14.6 Å². The lowest BCUT2D eigenvalue weighted by molar-refractivity contribution is -0.139. The van der Waals surface area contributed by atoms with E-state index in [1.54, 1.807) is 35.9 Å². The molecule has 5 rings (SSSR count). The van der Waals surface area contributed by atoms with Gasteiger partial charge in [0, 0.05) is 17.6 Å². The molecule has 1 aromatic carbocycles. The van der Waals surface area contributed by atoms with Crippen molar-refractivity contribution in [1.82, 2.24) is 19.2 Å². The van der Waals surface area contributed by atoms with E-state index in [0.717, 1.165) is 0 Å². The third-order valence-electron chi connectivity index (χ3n) is 5.97. The van der Waals surface area contributed by atoms with Crippen molar-refractivity contribution >= 4 is 34.1 Å². The smallest absolute Gasteiger partial charge is 0.312 e. The number of carboxylic acids is 1. The zero-order chi connectivity index (χ0) is 23.1. The molecule has 0 amide bonds.